The Labute approximate surface area is 117 Å². The van der Waals surface area contributed by atoms with Gasteiger partial charge in [-0.05, 0) is 45.1 Å². The molecule has 4 heteroatoms. The van der Waals surface area contributed by atoms with E-state index in [4.69, 9.17) is 9.47 Å². The first-order valence-electron chi connectivity index (χ1n) is 7.86. The van der Waals surface area contributed by atoms with Crippen molar-refractivity contribution in [3.05, 3.63) is 0 Å². The number of piperidine rings is 1. The smallest absolute Gasteiger partial charge is 0.0726 e. The minimum atomic E-state index is 0.433. The van der Waals surface area contributed by atoms with Crippen molar-refractivity contribution in [1.29, 1.82) is 0 Å². The highest BCUT2D eigenvalue weighted by molar-refractivity contribution is 4.78. The molecule has 0 spiro atoms. The highest BCUT2D eigenvalue weighted by Crippen LogP contribution is 2.17. The summed E-state index contributed by atoms with van der Waals surface area (Å²) < 4.78 is 11.0. The topological polar surface area (TPSA) is 33.7 Å². The first kappa shape index (κ1) is 15.2. The first-order chi connectivity index (χ1) is 9.29. The number of ether oxygens (including phenoxy) is 2. The van der Waals surface area contributed by atoms with E-state index in [0.717, 1.165) is 32.2 Å². The summed E-state index contributed by atoms with van der Waals surface area (Å²) in [5.41, 5.74) is 0. The van der Waals surface area contributed by atoms with E-state index in [9.17, 15) is 0 Å². The summed E-state index contributed by atoms with van der Waals surface area (Å²) in [5.74, 6) is 0.731. The number of nitrogens with zero attached hydrogens (tertiary/aromatic N) is 1. The van der Waals surface area contributed by atoms with Crippen molar-refractivity contribution in [2.24, 2.45) is 5.92 Å². The molecule has 0 aromatic carbocycles. The lowest BCUT2D eigenvalue weighted by molar-refractivity contribution is 0.0766. The van der Waals surface area contributed by atoms with Crippen LogP contribution in [0.25, 0.3) is 0 Å². The number of likely N-dealkylation sites (tertiary alicyclic amines) is 1. The van der Waals surface area contributed by atoms with Crippen molar-refractivity contribution in [3.8, 4) is 0 Å². The van der Waals surface area contributed by atoms with Gasteiger partial charge in [-0.1, -0.05) is 0 Å². The van der Waals surface area contributed by atoms with Crippen molar-refractivity contribution in [3.63, 3.8) is 0 Å². The molecular formula is C15H30N2O2. The Balaban J connectivity index is 1.59. The third-order valence-electron chi connectivity index (χ3n) is 4.42. The van der Waals surface area contributed by atoms with Gasteiger partial charge in [0.1, 0.15) is 0 Å². The molecule has 2 fully saturated rings. The largest absolute Gasteiger partial charge is 0.384 e. The van der Waals surface area contributed by atoms with Gasteiger partial charge in [0, 0.05) is 39.4 Å². The molecule has 0 aromatic rings. The molecule has 4 nitrogen and oxygen atoms in total. The van der Waals surface area contributed by atoms with Crippen molar-refractivity contribution < 1.29 is 9.47 Å². The molecule has 0 saturated carbocycles. The minimum Gasteiger partial charge on any atom is -0.384 e. The van der Waals surface area contributed by atoms with Crippen LogP contribution >= 0.6 is 0 Å². The second-order valence-electron chi connectivity index (χ2n) is 6.06. The van der Waals surface area contributed by atoms with Gasteiger partial charge in [-0.15, -0.1) is 0 Å². The van der Waals surface area contributed by atoms with Gasteiger partial charge < -0.3 is 19.7 Å². The second kappa shape index (κ2) is 8.20. The highest BCUT2D eigenvalue weighted by Gasteiger charge is 2.23. The van der Waals surface area contributed by atoms with E-state index in [0.29, 0.717) is 12.1 Å². The summed E-state index contributed by atoms with van der Waals surface area (Å²) in [6, 6.07) is 0.488. The van der Waals surface area contributed by atoms with Gasteiger partial charge in [0.25, 0.3) is 0 Å². The maximum Gasteiger partial charge on any atom is 0.0726 e. The van der Waals surface area contributed by atoms with Crippen LogP contribution in [0, 0.1) is 5.92 Å². The second-order valence-corrected chi connectivity index (χ2v) is 6.06. The summed E-state index contributed by atoms with van der Waals surface area (Å²) in [6.45, 7) is 8.77. The molecule has 3 unspecified atom stereocenters. The normalized spacial score (nSPS) is 30.6. The number of nitrogens with one attached hydrogen (secondary N) is 1. The van der Waals surface area contributed by atoms with Crippen LogP contribution in [-0.4, -0.2) is 63.5 Å². The molecule has 2 rings (SSSR count). The van der Waals surface area contributed by atoms with Gasteiger partial charge in [0.2, 0.25) is 0 Å². The van der Waals surface area contributed by atoms with Crippen LogP contribution in [0.1, 0.15) is 32.6 Å². The summed E-state index contributed by atoms with van der Waals surface area (Å²) in [5, 5.41) is 3.62. The van der Waals surface area contributed by atoms with Crippen LogP contribution in [-0.2, 0) is 9.47 Å². The zero-order valence-electron chi connectivity index (χ0n) is 12.6. The maximum atomic E-state index is 5.71. The molecular weight excluding hydrogens is 240 g/mol. The molecule has 0 aromatic heterocycles. The van der Waals surface area contributed by atoms with Gasteiger partial charge in [-0.25, -0.2) is 0 Å². The summed E-state index contributed by atoms with van der Waals surface area (Å²) >= 11 is 0. The van der Waals surface area contributed by atoms with E-state index in [1.54, 1.807) is 0 Å². The van der Waals surface area contributed by atoms with Gasteiger partial charge in [-0.3, -0.25) is 0 Å². The van der Waals surface area contributed by atoms with Crippen molar-refractivity contribution in [2.45, 2.75) is 44.8 Å². The molecule has 3 atom stereocenters. The molecule has 0 bridgehead atoms. The first-order valence-corrected chi connectivity index (χ1v) is 7.86. The Bertz CT molecular complexity index is 242. The Hall–Kier alpha value is -0.160. The average Bonchev–Trinajstić information content (AvgIpc) is 2.93. The number of hydrogen-bond donors (Lipinski definition) is 1. The summed E-state index contributed by atoms with van der Waals surface area (Å²) in [7, 11) is 1.81. The predicted molar refractivity (Wildman–Crippen MR) is 77.5 cm³/mol. The SMILES string of the molecule is COCC1CCCN(CCNC(C)C2CCCO2)C1. The molecule has 2 aliphatic heterocycles. The van der Waals surface area contributed by atoms with Crippen LogP contribution in [0.5, 0.6) is 0 Å². The van der Waals surface area contributed by atoms with Crippen LogP contribution in [0.15, 0.2) is 0 Å². The standard InChI is InChI=1S/C15H30N2O2/c1-13(15-6-4-10-19-15)16-7-9-17-8-3-5-14(11-17)12-18-2/h13-16H,3-12H2,1-2H3. The Morgan fingerprint density at radius 3 is 3.00 bits per heavy atom. The molecule has 1 N–H and O–H groups in total. The van der Waals surface area contributed by atoms with Crippen LogP contribution < -0.4 is 5.32 Å². The molecule has 2 saturated heterocycles. The van der Waals surface area contributed by atoms with Gasteiger partial charge in [0.05, 0.1) is 12.7 Å². The number of rotatable bonds is 7. The molecule has 19 heavy (non-hydrogen) atoms. The Morgan fingerprint density at radius 2 is 2.26 bits per heavy atom. The minimum absolute atomic E-state index is 0.433. The van der Waals surface area contributed by atoms with Gasteiger partial charge >= 0.3 is 0 Å². The fraction of sp³-hybridized carbons (Fsp3) is 1.00. The molecule has 2 aliphatic rings. The fourth-order valence-corrected chi connectivity index (χ4v) is 3.30. The third kappa shape index (κ3) is 5.03. The zero-order chi connectivity index (χ0) is 13.5. The lowest BCUT2D eigenvalue weighted by Crippen LogP contribution is -2.44. The summed E-state index contributed by atoms with van der Waals surface area (Å²) in [4.78, 5) is 2.57. The maximum absolute atomic E-state index is 5.71. The monoisotopic (exact) mass is 270 g/mol. The molecule has 0 radical (unpaired) electrons. The molecule has 0 aliphatic carbocycles. The lowest BCUT2D eigenvalue weighted by Gasteiger charge is -2.33. The van der Waals surface area contributed by atoms with Gasteiger partial charge in [0.15, 0.2) is 0 Å². The van der Waals surface area contributed by atoms with E-state index < -0.39 is 0 Å². The highest BCUT2D eigenvalue weighted by atomic mass is 16.5. The molecule has 112 valence electrons. The van der Waals surface area contributed by atoms with Crippen molar-refractivity contribution in [2.75, 3.05) is 46.5 Å². The van der Waals surface area contributed by atoms with E-state index in [1.807, 2.05) is 7.11 Å². The number of methoxy groups -OCH3 is 1. The lowest BCUT2D eigenvalue weighted by atomic mass is 9.99. The zero-order valence-corrected chi connectivity index (χ0v) is 12.6. The fourth-order valence-electron chi connectivity index (χ4n) is 3.30. The van der Waals surface area contributed by atoms with Crippen molar-refractivity contribution >= 4 is 0 Å². The van der Waals surface area contributed by atoms with Crippen molar-refractivity contribution in [1.82, 2.24) is 10.2 Å². The third-order valence-corrected chi connectivity index (χ3v) is 4.42. The Morgan fingerprint density at radius 1 is 1.37 bits per heavy atom. The number of hydrogen-bond acceptors (Lipinski definition) is 4. The van der Waals surface area contributed by atoms with E-state index >= 15 is 0 Å². The predicted octanol–water partition coefficient (Wildman–Crippen LogP) is 1.50. The average molecular weight is 270 g/mol. The van der Waals surface area contributed by atoms with Crippen LogP contribution in [0.3, 0.4) is 0 Å². The van der Waals surface area contributed by atoms with Crippen LogP contribution in [0.4, 0.5) is 0 Å². The molecule has 0 amide bonds. The van der Waals surface area contributed by atoms with E-state index in [-0.39, 0.29) is 0 Å². The van der Waals surface area contributed by atoms with Crippen LogP contribution in [0.2, 0.25) is 0 Å². The molecule has 2 heterocycles. The summed E-state index contributed by atoms with van der Waals surface area (Å²) in [6.07, 6.45) is 5.51. The van der Waals surface area contributed by atoms with E-state index in [2.05, 4.69) is 17.1 Å². The van der Waals surface area contributed by atoms with E-state index in [1.165, 1.54) is 38.8 Å². The van der Waals surface area contributed by atoms with Gasteiger partial charge in [-0.2, -0.15) is 0 Å². The quantitative estimate of drug-likeness (QED) is 0.760. The Kier molecular flexibility index (Phi) is 6.57.